The first-order chi connectivity index (χ1) is 7.70. The molecule has 90 valence electrons. The first kappa shape index (κ1) is 11.7. The summed E-state index contributed by atoms with van der Waals surface area (Å²) in [6.07, 6.45) is 2.67. The average molecular weight is 222 g/mol. The molecule has 1 aromatic rings. The molecule has 0 radical (unpaired) electrons. The van der Waals surface area contributed by atoms with Crippen molar-refractivity contribution in [2.75, 3.05) is 13.6 Å². The Bertz CT molecular complexity index is 346. The summed E-state index contributed by atoms with van der Waals surface area (Å²) < 4.78 is 5.71. The normalized spacial score (nSPS) is 21.8. The average Bonchev–Trinajstić information content (AvgIpc) is 2.77. The van der Waals surface area contributed by atoms with Crippen LogP contribution in [0.1, 0.15) is 36.8 Å². The van der Waals surface area contributed by atoms with Gasteiger partial charge in [-0.05, 0) is 46.3 Å². The Labute approximate surface area is 97.8 Å². The van der Waals surface area contributed by atoms with Gasteiger partial charge < -0.3 is 9.73 Å². The van der Waals surface area contributed by atoms with Gasteiger partial charge in [0, 0.05) is 18.2 Å². The van der Waals surface area contributed by atoms with Gasteiger partial charge in [-0.2, -0.15) is 0 Å². The molecule has 1 aromatic heterocycles. The first-order valence-electron chi connectivity index (χ1n) is 6.17. The van der Waals surface area contributed by atoms with Crippen LogP contribution in [-0.2, 0) is 13.1 Å². The Balaban J connectivity index is 2.03. The standard InChI is InChI=1S/C13H22N2O/c1-10-5-4-6-15(10)9-12-7-13(8-14-3)16-11(12)2/h7,10,14H,4-6,8-9H2,1-3H3. The van der Waals surface area contributed by atoms with Crippen LogP contribution >= 0.6 is 0 Å². The van der Waals surface area contributed by atoms with Crippen molar-refractivity contribution in [2.24, 2.45) is 0 Å². The van der Waals surface area contributed by atoms with E-state index in [1.807, 2.05) is 7.05 Å². The second-order valence-corrected chi connectivity index (χ2v) is 4.79. The van der Waals surface area contributed by atoms with Crippen molar-refractivity contribution >= 4 is 0 Å². The number of hydrogen-bond donors (Lipinski definition) is 1. The fraction of sp³-hybridized carbons (Fsp3) is 0.692. The van der Waals surface area contributed by atoms with E-state index in [0.717, 1.165) is 30.7 Å². The summed E-state index contributed by atoms with van der Waals surface area (Å²) in [5.41, 5.74) is 1.35. The number of hydrogen-bond acceptors (Lipinski definition) is 3. The van der Waals surface area contributed by atoms with Gasteiger partial charge in [-0.1, -0.05) is 0 Å². The third-order valence-corrected chi connectivity index (χ3v) is 3.49. The van der Waals surface area contributed by atoms with Crippen LogP contribution < -0.4 is 5.32 Å². The lowest BCUT2D eigenvalue weighted by molar-refractivity contribution is 0.258. The third-order valence-electron chi connectivity index (χ3n) is 3.49. The van der Waals surface area contributed by atoms with Gasteiger partial charge in [-0.3, -0.25) is 4.90 Å². The monoisotopic (exact) mass is 222 g/mol. The van der Waals surface area contributed by atoms with Crippen molar-refractivity contribution in [3.63, 3.8) is 0 Å². The Hall–Kier alpha value is -0.800. The lowest BCUT2D eigenvalue weighted by Crippen LogP contribution is -2.26. The van der Waals surface area contributed by atoms with E-state index in [9.17, 15) is 0 Å². The molecule has 3 nitrogen and oxygen atoms in total. The highest BCUT2D eigenvalue weighted by atomic mass is 16.3. The van der Waals surface area contributed by atoms with Crippen molar-refractivity contribution in [3.05, 3.63) is 23.2 Å². The molecule has 0 aliphatic carbocycles. The Morgan fingerprint density at radius 1 is 1.56 bits per heavy atom. The minimum absolute atomic E-state index is 0.724. The van der Waals surface area contributed by atoms with Gasteiger partial charge in [0.05, 0.1) is 6.54 Å². The zero-order valence-corrected chi connectivity index (χ0v) is 10.5. The largest absolute Gasteiger partial charge is 0.465 e. The van der Waals surface area contributed by atoms with E-state index in [1.165, 1.54) is 24.9 Å². The Kier molecular flexibility index (Phi) is 3.66. The lowest BCUT2D eigenvalue weighted by Gasteiger charge is -2.20. The molecule has 2 rings (SSSR count). The maximum Gasteiger partial charge on any atom is 0.118 e. The second-order valence-electron chi connectivity index (χ2n) is 4.79. The first-order valence-corrected chi connectivity index (χ1v) is 6.17. The van der Waals surface area contributed by atoms with Gasteiger partial charge in [0.25, 0.3) is 0 Å². The van der Waals surface area contributed by atoms with Gasteiger partial charge in [0.15, 0.2) is 0 Å². The van der Waals surface area contributed by atoms with Crippen LogP contribution in [0.2, 0.25) is 0 Å². The summed E-state index contributed by atoms with van der Waals surface area (Å²) in [6, 6.07) is 2.92. The molecular formula is C13H22N2O. The quantitative estimate of drug-likeness (QED) is 0.847. The van der Waals surface area contributed by atoms with Gasteiger partial charge in [-0.15, -0.1) is 0 Å². The van der Waals surface area contributed by atoms with Crippen molar-refractivity contribution < 1.29 is 4.42 Å². The van der Waals surface area contributed by atoms with E-state index >= 15 is 0 Å². The van der Waals surface area contributed by atoms with E-state index in [1.54, 1.807) is 0 Å². The van der Waals surface area contributed by atoms with E-state index in [2.05, 4.69) is 30.1 Å². The van der Waals surface area contributed by atoms with Crippen LogP contribution in [0, 0.1) is 6.92 Å². The summed E-state index contributed by atoms with van der Waals surface area (Å²) in [7, 11) is 1.94. The number of nitrogens with zero attached hydrogens (tertiary/aromatic N) is 1. The molecule has 1 aliphatic rings. The van der Waals surface area contributed by atoms with E-state index in [0.29, 0.717) is 0 Å². The highest BCUT2D eigenvalue weighted by Gasteiger charge is 2.21. The van der Waals surface area contributed by atoms with E-state index in [-0.39, 0.29) is 0 Å². The number of furan rings is 1. The fourth-order valence-electron chi connectivity index (χ4n) is 2.45. The molecule has 0 aromatic carbocycles. The molecule has 0 saturated carbocycles. The van der Waals surface area contributed by atoms with E-state index in [4.69, 9.17) is 4.42 Å². The van der Waals surface area contributed by atoms with Crippen molar-refractivity contribution in [3.8, 4) is 0 Å². The lowest BCUT2D eigenvalue weighted by atomic mass is 10.2. The number of likely N-dealkylation sites (tertiary alicyclic amines) is 1. The molecule has 1 aliphatic heterocycles. The smallest absolute Gasteiger partial charge is 0.118 e. The zero-order chi connectivity index (χ0) is 11.5. The number of nitrogens with one attached hydrogen (secondary N) is 1. The topological polar surface area (TPSA) is 28.4 Å². The van der Waals surface area contributed by atoms with Crippen molar-refractivity contribution in [1.29, 1.82) is 0 Å². The molecule has 1 atom stereocenters. The predicted molar refractivity (Wildman–Crippen MR) is 65.3 cm³/mol. The molecule has 1 unspecified atom stereocenters. The van der Waals surface area contributed by atoms with Crippen LogP contribution in [0.5, 0.6) is 0 Å². The molecule has 3 heteroatoms. The summed E-state index contributed by atoms with van der Waals surface area (Å²) in [4.78, 5) is 2.54. The summed E-state index contributed by atoms with van der Waals surface area (Å²) in [5, 5.41) is 3.12. The minimum atomic E-state index is 0.724. The summed E-state index contributed by atoms with van der Waals surface area (Å²) in [5.74, 6) is 2.12. The molecule has 1 N–H and O–H groups in total. The molecule has 16 heavy (non-hydrogen) atoms. The highest BCUT2D eigenvalue weighted by Crippen LogP contribution is 2.22. The van der Waals surface area contributed by atoms with Crippen LogP contribution in [0.4, 0.5) is 0 Å². The zero-order valence-electron chi connectivity index (χ0n) is 10.5. The molecule has 0 bridgehead atoms. The molecular weight excluding hydrogens is 200 g/mol. The summed E-state index contributed by atoms with van der Waals surface area (Å²) >= 11 is 0. The van der Waals surface area contributed by atoms with Crippen molar-refractivity contribution in [2.45, 2.75) is 45.8 Å². The van der Waals surface area contributed by atoms with Gasteiger partial charge in [0.1, 0.15) is 11.5 Å². The third kappa shape index (κ3) is 2.47. The fourth-order valence-corrected chi connectivity index (χ4v) is 2.45. The highest BCUT2D eigenvalue weighted by molar-refractivity contribution is 5.21. The molecule has 0 spiro atoms. The number of rotatable bonds is 4. The number of aryl methyl sites for hydroxylation is 1. The predicted octanol–water partition coefficient (Wildman–Crippen LogP) is 2.29. The van der Waals surface area contributed by atoms with Gasteiger partial charge >= 0.3 is 0 Å². The second kappa shape index (κ2) is 5.02. The van der Waals surface area contributed by atoms with Gasteiger partial charge in [0.2, 0.25) is 0 Å². The molecule has 2 heterocycles. The SMILES string of the molecule is CNCc1cc(CN2CCCC2C)c(C)o1. The van der Waals surface area contributed by atoms with E-state index < -0.39 is 0 Å². The Morgan fingerprint density at radius 2 is 2.38 bits per heavy atom. The molecule has 0 amide bonds. The van der Waals surface area contributed by atoms with Crippen LogP contribution in [0.15, 0.2) is 10.5 Å². The molecule has 1 saturated heterocycles. The van der Waals surface area contributed by atoms with Crippen LogP contribution in [-0.4, -0.2) is 24.5 Å². The van der Waals surface area contributed by atoms with Gasteiger partial charge in [-0.25, -0.2) is 0 Å². The minimum Gasteiger partial charge on any atom is -0.465 e. The maximum absolute atomic E-state index is 5.71. The van der Waals surface area contributed by atoms with Crippen LogP contribution in [0.3, 0.4) is 0 Å². The molecule has 1 fully saturated rings. The summed E-state index contributed by atoms with van der Waals surface area (Å²) in [6.45, 7) is 7.47. The van der Waals surface area contributed by atoms with Crippen LogP contribution in [0.25, 0.3) is 0 Å². The van der Waals surface area contributed by atoms with Crippen molar-refractivity contribution in [1.82, 2.24) is 10.2 Å². The maximum atomic E-state index is 5.71. The Morgan fingerprint density at radius 3 is 3.00 bits per heavy atom.